The summed E-state index contributed by atoms with van der Waals surface area (Å²) in [6, 6.07) is 13.1. The van der Waals surface area contributed by atoms with E-state index in [0.29, 0.717) is 6.54 Å². The monoisotopic (exact) mass is 422 g/mol. The fourth-order valence-electron chi connectivity index (χ4n) is 4.17. The maximum atomic E-state index is 11.8. The molecule has 2 aliphatic carbocycles. The number of ether oxygens (including phenoxy) is 1. The lowest BCUT2D eigenvalue weighted by molar-refractivity contribution is -0.122. The van der Waals surface area contributed by atoms with Crippen LogP contribution < -0.4 is 15.4 Å². The molecule has 2 saturated carbocycles. The molecule has 1 atom stereocenters. The predicted octanol–water partition coefficient (Wildman–Crippen LogP) is 3.56. The van der Waals surface area contributed by atoms with Crippen molar-refractivity contribution in [3.63, 3.8) is 0 Å². The molecule has 0 spiro atoms. The van der Waals surface area contributed by atoms with Crippen molar-refractivity contribution in [2.24, 2.45) is 11.8 Å². The Labute approximate surface area is 181 Å². The van der Waals surface area contributed by atoms with Gasteiger partial charge in [-0.1, -0.05) is 30.3 Å². The highest BCUT2D eigenvalue weighted by molar-refractivity contribution is 7.28. The van der Waals surface area contributed by atoms with Crippen LogP contribution in [0, 0.1) is 11.8 Å². The van der Waals surface area contributed by atoms with E-state index in [4.69, 9.17) is 4.74 Å². The molecule has 30 heavy (non-hydrogen) atoms. The average Bonchev–Trinajstić information content (AvgIpc) is 3.66. The van der Waals surface area contributed by atoms with Gasteiger partial charge in [0.05, 0.1) is 6.61 Å². The number of hydrogen-bond donors (Lipinski definition) is 1. The van der Waals surface area contributed by atoms with Gasteiger partial charge in [-0.15, -0.1) is 9.24 Å². The van der Waals surface area contributed by atoms with E-state index in [-0.39, 0.29) is 11.8 Å². The minimum Gasteiger partial charge on any atom is -0.493 e. The van der Waals surface area contributed by atoms with Gasteiger partial charge in [-0.25, -0.2) is 0 Å². The summed E-state index contributed by atoms with van der Waals surface area (Å²) in [4.78, 5) is 14.3. The van der Waals surface area contributed by atoms with E-state index in [0.717, 1.165) is 57.2 Å². The van der Waals surface area contributed by atoms with E-state index >= 15 is 0 Å². The quantitative estimate of drug-likeness (QED) is 0.662. The van der Waals surface area contributed by atoms with E-state index in [1.807, 2.05) is 0 Å². The van der Waals surface area contributed by atoms with Crippen LogP contribution in [-0.4, -0.2) is 24.0 Å². The molecule has 0 aromatic heterocycles. The van der Waals surface area contributed by atoms with Crippen LogP contribution in [0.3, 0.4) is 0 Å². The molecule has 5 heteroatoms. The molecule has 1 unspecified atom stereocenters. The van der Waals surface area contributed by atoms with Crippen molar-refractivity contribution in [3.8, 4) is 5.75 Å². The van der Waals surface area contributed by atoms with Crippen molar-refractivity contribution in [1.82, 2.24) is 10.2 Å². The van der Waals surface area contributed by atoms with E-state index in [2.05, 4.69) is 55.9 Å². The van der Waals surface area contributed by atoms with Gasteiger partial charge in [0, 0.05) is 37.4 Å². The van der Waals surface area contributed by atoms with Crippen LogP contribution in [0.4, 0.5) is 0 Å². The average molecular weight is 423 g/mol. The molecule has 1 N–H and O–H groups in total. The van der Waals surface area contributed by atoms with Gasteiger partial charge in [-0.05, 0) is 66.3 Å². The second kappa shape index (κ2) is 8.69. The Bertz CT molecular complexity index is 919. The van der Waals surface area contributed by atoms with Crippen LogP contribution in [0.1, 0.15) is 47.9 Å². The van der Waals surface area contributed by atoms with Gasteiger partial charge in [-0.3, -0.25) is 9.69 Å². The van der Waals surface area contributed by atoms with Gasteiger partial charge in [-0.2, -0.15) is 0 Å². The molecule has 1 amide bonds. The minimum absolute atomic E-state index is 0.209. The molecular weight excluding hydrogens is 391 g/mol. The van der Waals surface area contributed by atoms with Gasteiger partial charge in [0.2, 0.25) is 5.91 Å². The fraction of sp³-hybridized carbons (Fsp3) is 0.480. The molecule has 2 aromatic rings. The Morgan fingerprint density at radius 3 is 2.57 bits per heavy atom. The first-order chi connectivity index (χ1) is 14.7. The lowest BCUT2D eigenvalue weighted by Gasteiger charge is -2.30. The van der Waals surface area contributed by atoms with Crippen molar-refractivity contribution in [2.75, 3.05) is 13.2 Å². The zero-order chi connectivity index (χ0) is 20.5. The molecule has 158 valence electrons. The van der Waals surface area contributed by atoms with Crippen molar-refractivity contribution >= 4 is 20.5 Å². The van der Waals surface area contributed by atoms with Crippen LogP contribution in [0.15, 0.2) is 36.4 Å². The van der Waals surface area contributed by atoms with E-state index in [1.165, 1.54) is 40.4 Å². The first kappa shape index (κ1) is 20.0. The third-order valence-corrected chi connectivity index (χ3v) is 7.13. The maximum Gasteiger partial charge on any atom is 0.223 e. The molecule has 1 aliphatic heterocycles. The summed E-state index contributed by atoms with van der Waals surface area (Å²) < 4.78 is 6.05. The van der Waals surface area contributed by atoms with Crippen molar-refractivity contribution in [1.29, 1.82) is 0 Å². The Kier molecular flexibility index (Phi) is 5.80. The number of nitrogens with zero attached hydrogens (tertiary/aromatic N) is 1. The molecule has 2 aromatic carbocycles. The Balaban J connectivity index is 1.16. The number of amides is 1. The van der Waals surface area contributed by atoms with Gasteiger partial charge in [0.25, 0.3) is 0 Å². The maximum absolute atomic E-state index is 11.8. The summed E-state index contributed by atoms with van der Waals surface area (Å²) in [6.45, 7) is 4.51. The van der Waals surface area contributed by atoms with Crippen LogP contribution in [0.2, 0.25) is 0 Å². The third-order valence-electron chi connectivity index (χ3n) is 6.50. The first-order valence-corrected chi connectivity index (χ1v) is 11.8. The summed E-state index contributed by atoms with van der Waals surface area (Å²) in [5.41, 5.74) is 5.37. The summed E-state index contributed by atoms with van der Waals surface area (Å²) in [7, 11) is 2.92. The van der Waals surface area contributed by atoms with E-state index < -0.39 is 0 Å². The Morgan fingerprint density at radius 1 is 1.07 bits per heavy atom. The van der Waals surface area contributed by atoms with Gasteiger partial charge in [0.15, 0.2) is 0 Å². The van der Waals surface area contributed by atoms with Gasteiger partial charge >= 0.3 is 0 Å². The number of rotatable bonds is 8. The number of carbonyl (C=O) groups excluding carboxylic acids is 1. The summed E-state index contributed by atoms with van der Waals surface area (Å²) >= 11 is 0. The Morgan fingerprint density at radius 2 is 1.83 bits per heavy atom. The second-order valence-corrected chi connectivity index (χ2v) is 9.72. The second-order valence-electron chi connectivity index (χ2n) is 9.14. The number of nitrogens with one attached hydrogen (secondary N) is 1. The topological polar surface area (TPSA) is 41.6 Å². The largest absolute Gasteiger partial charge is 0.493 e. The van der Waals surface area contributed by atoms with Gasteiger partial charge in [0.1, 0.15) is 5.75 Å². The first-order valence-electron chi connectivity index (χ1n) is 11.3. The van der Waals surface area contributed by atoms with Crippen LogP contribution in [0.5, 0.6) is 5.75 Å². The van der Waals surface area contributed by atoms with Gasteiger partial charge < -0.3 is 10.1 Å². The molecule has 4 nitrogen and oxygen atoms in total. The van der Waals surface area contributed by atoms with Crippen molar-refractivity contribution < 1.29 is 9.53 Å². The number of fused-ring (bicyclic) bond motifs is 1. The number of carbonyl (C=O) groups is 1. The molecule has 3 aliphatic rings. The summed E-state index contributed by atoms with van der Waals surface area (Å²) in [5, 5.41) is 4.29. The van der Waals surface area contributed by atoms with Crippen LogP contribution in [0.25, 0.3) is 0 Å². The van der Waals surface area contributed by atoms with Crippen molar-refractivity contribution in [2.45, 2.75) is 51.7 Å². The highest BCUT2D eigenvalue weighted by Gasteiger charge is 2.29. The van der Waals surface area contributed by atoms with E-state index in [1.54, 1.807) is 0 Å². The van der Waals surface area contributed by atoms with Crippen molar-refractivity contribution in [3.05, 3.63) is 58.7 Å². The number of hydrogen-bond acceptors (Lipinski definition) is 3. The molecule has 0 radical (unpaired) electrons. The highest BCUT2D eigenvalue weighted by Crippen LogP contribution is 2.31. The molecule has 1 heterocycles. The van der Waals surface area contributed by atoms with Crippen LogP contribution >= 0.6 is 9.24 Å². The standard InChI is InChI=1S/C25H31N2O2P/c28-25(20-7-8-20)26-13-17-1-3-18(4-2-17)14-27-12-11-22-21(15-27)9-10-23(24(22)30)29-16-19-5-6-19/h1-4,9-10,19-20H,5-8,11-16,30H2,(H,26,28). The minimum atomic E-state index is 0.209. The molecule has 0 saturated heterocycles. The zero-order valence-electron chi connectivity index (χ0n) is 17.5. The van der Waals surface area contributed by atoms with E-state index in [9.17, 15) is 4.79 Å². The summed E-state index contributed by atoms with van der Waals surface area (Å²) in [5.74, 6) is 2.31. The lowest BCUT2D eigenvalue weighted by Crippen LogP contribution is -2.32. The zero-order valence-corrected chi connectivity index (χ0v) is 18.7. The molecule has 2 fully saturated rings. The van der Waals surface area contributed by atoms with Crippen LogP contribution in [-0.2, 0) is 30.8 Å². The highest BCUT2D eigenvalue weighted by atomic mass is 31.0. The SMILES string of the molecule is O=C(NCc1ccc(CN2CCc3c(ccc(OCC4CC4)c3P)C2)cc1)C1CC1. The molecule has 5 rings (SSSR count). The molecule has 0 bridgehead atoms. The smallest absolute Gasteiger partial charge is 0.223 e. The lowest BCUT2D eigenvalue weighted by atomic mass is 9.98. The fourth-order valence-corrected chi connectivity index (χ4v) is 4.68. The normalized spacial score (nSPS) is 18.7. The Hall–Kier alpha value is -1.90. The molecular formula is C25H31N2O2P. The number of benzene rings is 2. The summed E-state index contributed by atoms with van der Waals surface area (Å²) in [6.07, 6.45) is 5.82. The third kappa shape index (κ3) is 4.87. The predicted molar refractivity (Wildman–Crippen MR) is 123 cm³/mol.